The first-order valence-electron chi connectivity index (χ1n) is 14.1. The van der Waals surface area contributed by atoms with E-state index in [-0.39, 0.29) is 4.90 Å². The first kappa shape index (κ1) is 29.9. The fourth-order valence-electron chi connectivity index (χ4n) is 5.20. The topological polar surface area (TPSA) is 100 Å². The minimum Gasteiger partial charge on any atom is -0.497 e. The fraction of sp³-hybridized carbons (Fsp3) is 0.242. The van der Waals surface area contributed by atoms with E-state index in [1.807, 2.05) is 61.5 Å². The van der Waals surface area contributed by atoms with Crippen LogP contribution in [0.2, 0.25) is 0 Å². The molecular formula is C33H36N4O5S. The Bertz CT molecular complexity index is 1650. The molecule has 0 bridgehead atoms. The molecule has 0 unspecified atom stereocenters. The van der Waals surface area contributed by atoms with Gasteiger partial charge in [-0.2, -0.15) is 0 Å². The number of ether oxygens (including phenoxy) is 2. The van der Waals surface area contributed by atoms with E-state index in [1.165, 1.54) is 13.2 Å². The van der Waals surface area contributed by atoms with Crippen LogP contribution in [0.4, 0.5) is 17.1 Å². The van der Waals surface area contributed by atoms with Gasteiger partial charge in [-0.15, -0.1) is 0 Å². The van der Waals surface area contributed by atoms with Crippen molar-refractivity contribution < 1.29 is 22.7 Å². The van der Waals surface area contributed by atoms with Crippen molar-refractivity contribution in [3.63, 3.8) is 0 Å². The van der Waals surface area contributed by atoms with Crippen LogP contribution in [-0.2, 0) is 10.0 Å². The summed E-state index contributed by atoms with van der Waals surface area (Å²) in [5, 5.41) is 2.85. The molecular weight excluding hydrogens is 564 g/mol. The molecule has 1 aliphatic heterocycles. The molecule has 1 amide bonds. The summed E-state index contributed by atoms with van der Waals surface area (Å²) in [6.07, 6.45) is 0. The molecule has 224 valence electrons. The molecule has 5 rings (SSSR count). The summed E-state index contributed by atoms with van der Waals surface area (Å²) in [6, 6.07) is 28.8. The summed E-state index contributed by atoms with van der Waals surface area (Å²) in [5.74, 6) is 0.831. The summed E-state index contributed by atoms with van der Waals surface area (Å²) in [5.41, 5.74) is 3.23. The number of amides is 1. The molecule has 0 aliphatic carbocycles. The minimum atomic E-state index is -3.99. The van der Waals surface area contributed by atoms with Crippen LogP contribution in [0.15, 0.2) is 102 Å². The van der Waals surface area contributed by atoms with Crippen LogP contribution in [0.25, 0.3) is 0 Å². The van der Waals surface area contributed by atoms with Gasteiger partial charge in [0, 0.05) is 43.6 Å². The Kier molecular flexibility index (Phi) is 9.18. The predicted octanol–water partition coefficient (Wildman–Crippen LogP) is 5.32. The highest BCUT2D eigenvalue weighted by Gasteiger charge is 2.27. The quantitative estimate of drug-likeness (QED) is 0.254. The van der Waals surface area contributed by atoms with E-state index in [0.717, 1.165) is 17.0 Å². The van der Waals surface area contributed by atoms with Crippen LogP contribution >= 0.6 is 0 Å². The lowest BCUT2D eigenvalue weighted by Gasteiger charge is -2.38. The Hall–Kier alpha value is -4.54. The van der Waals surface area contributed by atoms with E-state index in [4.69, 9.17) is 9.47 Å². The molecule has 1 aliphatic rings. The number of para-hydroxylation sites is 1. The lowest BCUT2D eigenvalue weighted by atomic mass is 10.1. The van der Waals surface area contributed by atoms with Crippen LogP contribution < -0.4 is 29.3 Å². The number of anilines is 3. The Morgan fingerprint density at radius 3 is 2.12 bits per heavy atom. The maximum atomic E-state index is 13.9. The van der Waals surface area contributed by atoms with Gasteiger partial charge in [0.1, 0.15) is 16.4 Å². The van der Waals surface area contributed by atoms with Crippen LogP contribution in [-0.4, -0.2) is 54.7 Å². The molecule has 2 N–H and O–H groups in total. The molecule has 0 saturated carbocycles. The SMILES string of the molecule is COc1ccc(N2CCN(c3ccc(NC(=O)c4ccccc4OC)cc3S(=O)(=O)N[C@H](C)c3ccccc3)CC2)cc1. The minimum absolute atomic E-state index is 0.103. The Labute approximate surface area is 253 Å². The Morgan fingerprint density at radius 1 is 0.791 bits per heavy atom. The molecule has 10 heteroatoms. The predicted molar refractivity (Wildman–Crippen MR) is 170 cm³/mol. The number of hydrogen-bond donors (Lipinski definition) is 2. The third-order valence-corrected chi connectivity index (χ3v) is 9.12. The number of methoxy groups -OCH3 is 2. The average Bonchev–Trinajstić information content (AvgIpc) is 3.05. The second-order valence-corrected chi connectivity index (χ2v) is 11.9. The zero-order chi connectivity index (χ0) is 30.4. The van der Waals surface area contributed by atoms with Gasteiger partial charge in [0.05, 0.1) is 25.5 Å². The van der Waals surface area contributed by atoms with Crippen LogP contribution in [0.5, 0.6) is 11.5 Å². The number of sulfonamides is 1. The van der Waals surface area contributed by atoms with Crippen molar-refractivity contribution in [1.29, 1.82) is 0 Å². The number of nitrogens with zero attached hydrogens (tertiary/aromatic N) is 2. The second kappa shape index (κ2) is 13.2. The van der Waals surface area contributed by atoms with E-state index in [0.29, 0.717) is 48.9 Å². The monoisotopic (exact) mass is 600 g/mol. The van der Waals surface area contributed by atoms with Crippen molar-refractivity contribution in [3.8, 4) is 11.5 Å². The molecule has 0 spiro atoms. The highest BCUT2D eigenvalue weighted by atomic mass is 32.2. The Morgan fingerprint density at radius 2 is 1.44 bits per heavy atom. The summed E-state index contributed by atoms with van der Waals surface area (Å²) in [4.78, 5) is 17.6. The highest BCUT2D eigenvalue weighted by Crippen LogP contribution is 2.32. The molecule has 0 radical (unpaired) electrons. The lowest BCUT2D eigenvalue weighted by Crippen LogP contribution is -2.47. The van der Waals surface area contributed by atoms with Crippen molar-refractivity contribution in [2.45, 2.75) is 17.9 Å². The largest absolute Gasteiger partial charge is 0.497 e. The molecule has 1 fully saturated rings. The van der Waals surface area contributed by atoms with Crippen molar-refractivity contribution >= 4 is 33.0 Å². The first-order chi connectivity index (χ1) is 20.8. The number of carbonyl (C=O) groups excluding carboxylic acids is 1. The summed E-state index contributed by atoms with van der Waals surface area (Å²) >= 11 is 0. The molecule has 1 atom stereocenters. The zero-order valence-electron chi connectivity index (χ0n) is 24.5. The molecule has 4 aromatic carbocycles. The second-order valence-electron chi connectivity index (χ2n) is 10.3. The smallest absolute Gasteiger partial charge is 0.259 e. The number of benzene rings is 4. The summed E-state index contributed by atoms with van der Waals surface area (Å²) in [6.45, 7) is 4.48. The Balaban J connectivity index is 1.42. The van der Waals surface area contributed by atoms with Gasteiger partial charge >= 0.3 is 0 Å². The van der Waals surface area contributed by atoms with Crippen molar-refractivity contribution in [2.24, 2.45) is 0 Å². The fourth-order valence-corrected chi connectivity index (χ4v) is 6.69. The van der Waals surface area contributed by atoms with Crippen molar-refractivity contribution in [3.05, 3.63) is 108 Å². The van der Waals surface area contributed by atoms with E-state index in [9.17, 15) is 13.2 Å². The number of carbonyl (C=O) groups is 1. The molecule has 9 nitrogen and oxygen atoms in total. The third-order valence-electron chi connectivity index (χ3n) is 7.55. The third kappa shape index (κ3) is 6.93. The molecule has 1 saturated heterocycles. The van der Waals surface area contributed by atoms with Gasteiger partial charge in [0.2, 0.25) is 10.0 Å². The number of nitrogens with one attached hydrogen (secondary N) is 2. The molecule has 1 heterocycles. The van der Waals surface area contributed by atoms with E-state index < -0.39 is 22.0 Å². The maximum absolute atomic E-state index is 13.9. The van der Waals surface area contributed by atoms with E-state index in [2.05, 4.69) is 19.8 Å². The molecule has 0 aromatic heterocycles. The standard InChI is InChI=1S/C33H36N4O5S/c1-24(25-9-5-4-6-10-25)35-43(39,40)32-23-26(34-33(38)29-11-7-8-12-31(29)42-3)13-18-30(32)37-21-19-36(20-22-37)27-14-16-28(41-2)17-15-27/h4-18,23-24,35H,19-22H2,1-3H3,(H,34,38)/t24-/m1/s1. The van der Waals surface area contributed by atoms with Gasteiger partial charge in [0.15, 0.2) is 0 Å². The van der Waals surface area contributed by atoms with Gasteiger partial charge in [-0.05, 0) is 67.1 Å². The molecule has 4 aromatic rings. The number of rotatable bonds is 10. The van der Waals surface area contributed by atoms with Gasteiger partial charge in [0.25, 0.3) is 5.91 Å². The first-order valence-corrected chi connectivity index (χ1v) is 15.6. The number of hydrogen-bond acceptors (Lipinski definition) is 7. The van der Waals surface area contributed by atoms with Crippen LogP contribution in [0, 0.1) is 0 Å². The lowest BCUT2D eigenvalue weighted by molar-refractivity contribution is 0.102. The van der Waals surface area contributed by atoms with Gasteiger partial charge in [-0.25, -0.2) is 13.1 Å². The zero-order valence-corrected chi connectivity index (χ0v) is 25.3. The van der Waals surface area contributed by atoms with Gasteiger partial charge in [-0.1, -0.05) is 42.5 Å². The highest BCUT2D eigenvalue weighted by molar-refractivity contribution is 7.89. The summed E-state index contributed by atoms with van der Waals surface area (Å²) in [7, 11) is -0.849. The average molecular weight is 601 g/mol. The summed E-state index contributed by atoms with van der Waals surface area (Å²) < 4.78 is 41.3. The number of piperazine rings is 1. The van der Waals surface area contributed by atoms with E-state index in [1.54, 1.807) is 43.5 Å². The van der Waals surface area contributed by atoms with Crippen molar-refractivity contribution in [2.75, 3.05) is 55.5 Å². The van der Waals surface area contributed by atoms with Crippen molar-refractivity contribution in [1.82, 2.24) is 4.72 Å². The van der Waals surface area contributed by atoms with Crippen LogP contribution in [0.1, 0.15) is 28.9 Å². The van der Waals surface area contributed by atoms with Gasteiger partial charge in [-0.3, -0.25) is 4.79 Å². The molecule has 43 heavy (non-hydrogen) atoms. The van der Waals surface area contributed by atoms with Gasteiger partial charge < -0.3 is 24.6 Å². The maximum Gasteiger partial charge on any atom is 0.259 e. The van der Waals surface area contributed by atoms with Crippen LogP contribution in [0.3, 0.4) is 0 Å². The van der Waals surface area contributed by atoms with E-state index >= 15 is 0 Å². The normalized spacial score (nSPS) is 14.2.